The molecule has 0 heterocycles. The van der Waals surface area contributed by atoms with E-state index in [4.69, 9.17) is 65.8 Å². The van der Waals surface area contributed by atoms with Gasteiger partial charge in [0.15, 0.2) is 41.6 Å². The molecular weight excluding hydrogens is 1710 g/mol. The van der Waals surface area contributed by atoms with E-state index >= 15 is 0 Å². The highest BCUT2D eigenvalue weighted by Gasteiger charge is 2.63. The lowest BCUT2D eigenvalue weighted by Crippen LogP contribution is -2.73. The summed E-state index contributed by atoms with van der Waals surface area (Å²) in [6.07, 6.45) is 0. The van der Waals surface area contributed by atoms with Crippen LogP contribution in [0.15, 0.2) is 303 Å². The van der Waals surface area contributed by atoms with Gasteiger partial charge in [-0.25, -0.2) is 0 Å². The third-order valence-corrected chi connectivity index (χ3v) is 75.7. The standard InChI is InChI=1S/C81H118O16Si17/c1-98(84-109(92-103(6,7)8,72-52-32-22-33-53-72)73-54-34-23-35-55-73)82-108(21,83-99(2)85-110(93-104(9,10)11,74-56-36-24-37-57-74)75-58-38-25-39-59-75)97-114(89-100(3)86-111(94-105(12,13)14,76-60-40-26-41-61-76)77-62-42-27-43-63-77,90-101(4)87-112(95-106(15,16)17,78-64-44-28-45-65-78)79-66-46-29-47-67-79)91-102(5)88-113(96-107(18,19)20,80-68-48-30-49-69-80)81-70-50-31-51-71-81/h22-71,98-102H,1-21H3. The van der Waals surface area contributed by atoms with Crippen LogP contribution in [0.1, 0.15) is 0 Å². The molecule has 0 spiro atoms. The first kappa shape index (κ1) is 91.6. The number of hydrogen-bond acceptors (Lipinski definition) is 16. The van der Waals surface area contributed by atoms with Gasteiger partial charge in [0.25, 0.3) is 0 Å². The van der Waals surface area contributed by atoms with Crippen LogP contribution in [0.25, 0.3) is 0 Å². The highest BCUT2D eigenvalue weighted by molar-refractivity contribution is 7.05. The van der Waals surface area contributed by atoms with E-state index in [1.165, 1.54) is 0 Å². The van der Waals surface area contributed by atoms with Crippen LogP contribution in [0.2, 0.25) is 137 Å². The Bertz CT molecular complexity index is 3960. The minimum Gasteiger partial charge on any atom is -0.430 e. The van der Waals surface area contributed by atoms with Gasteiger partial charge in [-0.05, 0) is 183 Å². The van der Waals surface area contributed by atoms with Crippen molar-refractivity contribution in [2.24, 2.45) is 0 Å². The molecule has 0 aliphatic rings. The summed E-state index contributed by atoms with van der Waals surface area (Å²) in [4.78, 5) is 0. The van der Waals surface area contributed by atoms with Gasteiger partial charge in [0.2, 0.25) is 0 Å². The zero-order valence-corrected chi connectivity index (χ0v) is 88.1. The second kappa shape index (κ2) is 39.2. The molecule has 10 aromatic carbocycles. The first-order valence-corrected chi connectivity index (χ1v) is 79.8. The lowest BCUT2D eigenvalue weighted by Gasteiger charge is -2.46. The van der Waals surface area contributed by atoms with Crippen LogP contribution < -0.4 is 51.9 Å². The molecule has 0 fully saturated rings. The fourth-order valence-electron chi connectivity index (χ4n) is 13.9. The molecule has 0 saturated heterocycles. The fourth-order valence-corrected chi connectivity index (χ4v) is 82.4. The third kappa shape index (κ3) is 24.7. The van der Waals surface area contributed by atoms with Crippen LogP contribution in [0.5, 0.6) is 0 Å². The Morgan fingerprint density at radius 1 is 0.158 bits per heavy atom. The molecule has 606 valence electrons. The monoisotopic (exact) mass is 1820 g/mol. The summed E-state index contributed by atoms with van der Waals surface area (Å²) in [5.41, 5.74) is 0. The normalized spacial score (nSPS) is 15.6. The maximum absolute atomic E-state index is 8.47. The van der Waals surface area contributed by atoms with E-state index in [1.807, 2.05) is 221 Å². The Morgan fingerprint density at radius 2 is 0.281 bits per heavy atom. The van der Waals surface area contributed by atoms with E-state index < -0.39 is 149 Å². The van der Waals surface area contributed by atoms with Crippen LogP contribution in [0.3, 0.4) is 0 Å². The molecule has 10 aromatic rings. The molecule has 0 saturated carbocycles. The van der Waals surface area contributed by atoms with Crippen molar-refractivity contribution >= 4 is 201 Å². The Hall–Kier alpha value is -4.75. The number of rotatable bonds is 42. The molecular formula is C81H118O16Si17. The number of hydrogen-bond donors (Lipinski definition) is 0. The van der Waals surface area contributed by atoms with E-state index in [9.17, 15) is 0 Å². The smallest absolute Gasteiger partial charge is 0.430 e. The van der Waals surface area contributed by atoms with Gasteiger partial charge in [0.05, 0.1) is 0 Å². The highest BCUT2D eigenvalue weighted by atomic mass is 28.6. The lowest BCUT2D eigenvalue weighted by molar-refractivity contribution is 0.0917. The summed E-state index contributed by atoms with van der Waals surface area (Å²) < 4.78 is 128. The van der Waals surface area contributed by atoms with Crippen molar-refractivity contribution in [1.82, 2.24) is 0 Å². The molecule has 0 N–H and O–H groups in total. The van der Waals surface area contributed by atoms with Crippen LogP contribution in [0, 0.1) is 0 Å². The minimum atomic E-state index is -5.32. The van der Waals surface area contributed by atoms with Gasteiger partial charge in [-0.1, -0.05) is 303 Å². The average molecular weight is 1830 g/mol. The number of benzene rings is 10. The topological polar surface area (TPSA) is 148 Å². The van der Waals surface area contributed by atoms with Crippen molar-refractivity contribution < 1.29 is 65.8 Å². The summed E-state index contributed by atoms with van der Waals surface area (Å²) >= 11 is 0. The van der Waals surface area contributed by atoms with Gasteiger partial charge < -0.3 is 65.8 Å². The molecule has 16 nitrogen and oxygen atoms in total. The van der Waals surface area contributed by atoms with E-state index in [1.54, 1.807) is 0 Å². The van der Waals surface area contributed by atoms with Gasteiger partial charge in [0, 0.05) is 6.55 Å². The molecule has 0 aliphatic carbocycles. The summed E-state index contributed by atoms with van der Waals surface area (Å²) in [5, 5.41) is 9.10. The van der Waals surface area contributed by atoms with Gasteiger partial charge in [-0.2, -0.15) is 0 Å². The van der Waals surface area contributed by atoms with Gasteiger partial charge in [0.1, 0.15) is 0 Å². The Balaban J connectivity index is 1.28. The van der Waals surface area contributed by atoms with Crippen molar-refractivity contribution in [2.45, 2.75) is 137 Å². The average Bonchev–Trinajstić information content (AvgIpc) is 0.823. The Kier molecular flexibility index (Phi) is 31.5. The molecule has 0 aliphatic heterocycles. The molecule has 10 rings (SSSR count). The van der Waals surface area contributed by atoms with Crippen molar-refractivity contribution in [2.75, 3.05) is 0 Å². The van der Waals surface area contributed by atoms with Gasteiger partial charge in [-0.3, -0.25) is 0 Å². The van der Waals surface area contributed by atoms with Crippen molar-refractivity contribution in [3.63, 3.8) is 0 Å². The Labute approximate surface area is 701 Å². The molecule has 0 amide bonds. The summed E-state index contributed by atoms with van der Waals surface area (Å²) in [5.74, 6) is 0. The molecule has 0 bridgehead atoms. The zero-order valence-electron chi connectivity index (χ0n) is 70.3. The zero-order chi connectivity index (χ0) is 82.3. The van der Waals surface area contributed by atoms with Crippen molar-refractivity contribution in [3.8, 4) is 0 Å². The molecule has 5 unspecified atom stereocenters. The molecule has 114 heavy (non-hydrogen) atoms. The first-order chi connectivity index (χ1) is 53.8. The third-order valence-electron chi connectivity index (χ3n) is 17.4. The SMILES string of the molecule is C[SiH](O[Si](C)(O[SiH](C)O[Si](O[Si](C)(C)C)(c1ccccc1)c1ccccc1)O[Si](O[SiH](C)O[Si](O[Si](C)(C)C)(c1ccccc1)c1ccccc1)(O[SiH](C)O[Si](O[Si](C)(C)C)(c1ccccc1)c1ccccc1)O[SiH](C)O[Si](O[Si](C)(C)C)(c1ccccc1)c1ccccc1)O[Si](O[Si](C)(C)C)(c1ccccc1)c1ccccc1. The molecule has 5 atom stereocenters. The fraction of sp³-hybridized carbons (Fsp3) is 0.259. The van der Waals surface area contributed by atoms with Crippen molar-refractivity contribution in [1.29, 1.82) is 0 Å². The molecule has 0 radical (unpaired) electrons. The minimum absolute atomic E-state index is 0.901. The summed E-state index contributed by atoms with van der Waals surface area (Å²) in [6.45, 7) is 45.1. The molecule has 33 heteroatoms. The van der Waals surface area contributed by atoms with Gasteiger partial charge >= 0.3 is 107 Å². The first-order valence-electron chi connectivity index (χ1n) is 39.3. The van der Waals surface area contributed by atoms with E-state index in [2.05, 4.69) is 220 Å². The lowest BCUT2D eigenvalue weighted by atomic mass is 10.4. The van der Waals surface area contributed by atoms with Crippen LogP contribution in [0.4, 0.5) is 0 Å². The van der Waals surface area contributed by atoms with E-state index in [-0.39, 0.29) is 0 Å². The van der Waals surface area contributed by atoms with Crippen LogP contribution in [-0.4, -0.2) is 149 Å². The second-order valence-corrected chi connectivity index (χ2v) is 89.1. The van der Waals surface area contributed by atoms with Crippen molar-refractivity contribution in [3.05, 3.63) is 303 Å². The molecule has 0 aromatic heterocycles. The van der Waals surface area contributed by atoms with E-state index in [0.29, 0.717) is 0 Å². The van der Waals surface area contributed by atoms with Gasteiger partial charge in [-0.15, -0.1) is 0 Å². The maximum atomic E-state index is 8.47. The second-order valence-electron chi connectivity index (χ2n) is 33.3. The predicted molar refractivity (Wildman–Crippen MR) is 506 cm³/mol. The van der Waals surface area contributed by atoms with E-state index in [0.717, 1.165) is 51.9 Å². The van der Waals surface area contributed by atoms with Crippen LogP contribution >= 0.6 is 0 Å². The summed E-state index contributed by atoms with van der Waals surface area (Å²) in [6, 6.07) is 103. The highest BCUT2D eigenvalue weighted by Crippen LogP contribution is 2.33. The Morgan fingerprint density at radius 3 is 0.404 bits per heavy atom. The maximum Gasteiger partial charge on any atom is 0.644 e. The largest absolute Gasteiger partial charge is 0.644 e. The summed E-state index contributed by atoms with van der Waals surface area (Å²) in [7, 11) is -58.8. The predicted octanol–water partition coefficient (Wildman–Crippen LogP) is 12.0. The van der Waals surface area contributed by atoms with Crippen LogP contribution in [-0.2, 0) is 65.8 Å². The quantitative estimate of drug-likeness (QED) is 0.0334.